The van der Waals surface area contributed by atoms with Gasteiger partial charge in [0.25, 0.3) is 0 Å². The maximum absolute atomic E-state index is 13.0. The molecule has 2 amide bonds. The highest BCUT2D eigenvalue weighted by molar-refractivity contribution is 5.90. The Hall–Kier alpha value is -3.48. The fourth-order valence-electron chi connectivity index (χ4n) is 3.84. The van der Waals surface area contributed by atoms with Gasteiger partial charge in [-0.1, -0.05) is 24.3 Å². The summed E-state index contributed by atoms with van der Waals surface area (Å²) < 4.78 is 12.5. The number of hydrogen-bond donors (Lipinski definition) is 1. The standard InChI is InChI=1S/C21H20N4O3/c1-24-10-15(9-22-24)18-12-25(11-14-4-2-3-5-17(14)18)21(26)23-16-6-7-19-20(8-16)28-13-27-19/h2-10,18H,11-13H2,1H3,(H,23,26). The second-order valence-corrected chi connectivity index (χ2v) is 7.08. The van der Waals surface area contributed by atoms with Gasteiger partial charge in [0, 0.05) is 44.0 Å². The van der Waals surface area contributed by atoms with Gasteiger partial charge in [-0.15, -0.1) is 0 Å². The van der Waals surface area contributed by atoms with Gasteiger partial charge in [0.2, 0.25) is 6.79 Å². The van der Waals surface area contributed by atoms with Crippen molar-refractivity contribution in [3.8, 4) is 11.5 Å². The molecule has 28 heavy (non-hydrogen) atoms. The zero-order valence-corrected chi connectivity index (χ0v) is 15.5. The van der Waals surface area contributed by atoms with E-state index in [0.29, 0.717) is 30.3 Å². The van der Waals surface area contributed by atoms with E-state index in [1.807, 2.05) is 48.6 Å². The van der Waals surface area contributed by atoms with E-state index < -0.39 is 0 Å². The molecule has 142 valence electrons. The van der Waals surface area contributed by atoms with Crippen LogP contribution in [0.25, 0.3) is 0 Å². The van der Waals surface area contributed by atoms with Gasteiger partial charge < -0.3 is 19.7 Å². The second kappa shape index (κ2) is 6.60. The van der Waals surface area contributed by atoms with Crippen molar-refractivity contribution < 1.29 is 14.3 Å². The van der Waals surface area contributed by atoms with Crippen molar-refractivity contribution in [1.82, 2.24) is 14.7 Å². The minimum Gasteiger partial charge on any atom is -0.454 e. The first-order chi connectivity index (χ1) is 13.7. The van der Waals surface area contributed by atoms with Crippen LogP contribution in [0.4, 0.5) is 10.5 Å². The van der Waals surface area contributed by atoms with Gasteiger partial charge in [0.1, 0.15) is 0 Å². The number of carbonyl (C=O) groups is 1. The van der Waals surface area contributed by atoms with E-state index in [0.717, 1.165) is 11.1 Å². The summed E-state index contributed by atoms with van der Waals surface area (Å²) in [6.07, 6.45) is 3.89. The van der Waals surface area contributed by atoms with Gasteiger partial charge >= 0.3 is 6.03 Å². The molecule has 1 unspecified atom stereocenters. The van der Waals surface area contributed by atoms with Gasteiger partial charge in [-0.05, 0) is 28.8 Å². The fourth-order valence-corrected chi connectivity index (χ4v) is 3.84. The first kappa shape index (κ1) is 16.7. The molecule has 3 heterocycles. The molecular formula is C21H20N4O3. The van der Waals surface area contributed by atoms with Crippen LogP contribution >= 0.6 is 0 Å². The number of amides is 2. The highest BCUT2D eigenvalue weighted by Crippen LogP contribution is 2.36. The molecule has 5 rings (SSSR count). The number of benzene rings is 2. The lowest BCUT2D eigenvalue weighted by Gasteiger charge is -2.34. The van der Waals surface area contributed by atoms with E-state index in [4.69, 9.17) is 9.47 Å². The molecule has 1 N–H and O–H groups in total. The predicted molar refractivity (Wildman–Crippen MR) is 103 cm³/mol. The van der Waals surface area contributed by atoms with Crippen LogP contribution < -0.4 is 14.8 Å². The van der Waals surface area contributed by atoms with Crippen molar-refractivity contribution in [3.63, 3.8) is 0 Å². The number of nitrogens with zero attached hydrogens (tertiary/aromatic N) is 3. The Morgan fingerprint density at radius 3 is 2.89 bits per heavy atom. The quantitative estimate of drug-likeness (QED) is 0.745. The smallest absolute Gasteiger partial charge is 0.322 e. The lowest BCUT2D eigenvalue weighted by Crippen LogP contribution is -2.41. The third-order valence-corrected chi connectivity index (χ3v) is 5.23. The summed E-state index contributed by atoms with van der Waals surface area (Å²) in [7, 11) is 1.91. The molecular weight excluding hydrogens is 356 g/mol. The van der Waals surface area contributed by atoms with Crippen LogP contribution in [-0.4, -0.2) is 34.0 Å². The molecule has 3 aromatic rings. The first-order valence-electron chi connectivity index (χ1n) is 9.19. The van der Waals surface area contributed by atoms with E-state index in [9.17, 15) is 4.79 Å². The number of rotatable bonds is 2. The average molecular weight is 376 g/mol. The summed E-state index contributed by atoms with van der Waals surface area (Å²) in [5.74, 6) is 1.44. The summed E-state index contributed by atoms with van der Waals surface area (Å²) in [6, 6.07) is 13.6. The molecule has 7 nitrogen and oxygen atoms in total. The van der Waals surface area contributed by atoms with Crippen LogP contribution in [-0.2, 0) is 13.6 Å². The van der Waals surface area contributed by atoms with Crippen LogP contribution in [0.5, 0.6) is 11.5 Å². The van der Waals surface area contributed by atoms with Crippen molar-refractivity contribution in [1.29, 1.82) is 0 Å². The number of nitrogens with one attached hydrogen (secondary N) is 1. The van der Waals surface area contributed by atoms with Gasteiger partial charge in [-0.2, -0.15) is 5.10 Å². The normalized spacial score (nSPS) is 17.3. The predicted octanol–water partition coefficient (Wildman–Crippen LogP) is 3.33. The van der Waals surface area contributed by atoms with E-state index in [1.54, 1.807) is 10.7 Å². The molecule has 0 saturated carbocycles. The van der Waals surface area contributed by atoms with Crippen LogP contribution in [0, 0.1) is 0 Å². The summed E-state index contributed by atoms with van der Waals surface area (Å²) in [5.41, 5.74) is 4.20. The maximum atomic E-state index is 13.0. The zero-order chi connectivity index (χ0) is 19.1. The van der Waals surface area contributed by atoms with Gasteiger partial charge in [0.05, 0.1) is 6.20 Å². The monoisotopic (exact) mass is 376 g/mol. The highest BCUT2D eigenvalue weighted by atomic mass is 16.7. The van der Waals surface area contributed by atoms with Crippen LogP contribution in [0.2, 0.25) is 0 Å². The molecule has 0 bridgehead atoms. The molecule has 0 spiro atoms. The number of carbonyl (C=O) groups excluding carboxylic acids is 1. The van der Waals surface area contributed by atoms with E-state index in [1.165, 1.54) is 5.56 Å². The number of fused-ring (bicyclic) bond motifs is 2. The van der Waals surface area contributed by atoms with E-state index in [-0.39, 0.29) is 18.7 Å². The topological polar surface area (TPSA) is 68.6 Å². The molecule has 2 aliphatic heterocycles. The van der Waals surface area contributed by atoms with Crippen LogP contribution in [0.15, 0.2) is 54.9 Å². The lowest BCUT2D eigenvalue weighted by molar-refractivity contribution is 0.174. The Kier molecular flexibility index (Phi) is 3.93. The third-order valence-electron chi connectivity index (χ3n) is 5.23. The number of aromatic nitrogens is 2. The molecule has 1 aromatic heterocycles. The zero-order valence-electron chi connectivity index (χ0n) is 15.5. The van der Waals surface area contributed by atoms with Crippen molar-refractivity contribution >= 4 is 11.7 Å². The highest BCUT2D eigenvalue weighted by Gasteiger charge is 2.30. The largest absolute Gasteiger partial charge is 0.454 e. The summed E-state index contributed by atoms with van der Waals surface area (Å²) in [4.78, 5) is 14.8. The summed E-state index contributed by atoms with van der Waals surface area (Å²) in [6.45, 7) is 1.38. The molecule has 2 aliphatic rings. The Bertz CT molecular complexity index is 1050. The van der Waals surface area contributed by atoms with Gasteiger partial charge in [0.15, 0.2) is 11.5 Å². The Labute approximate surface area is 162 Å². The van der Waals surface area contributed by atoms with Gasteiger partial charge in [-0.25, -0.2) is 4.79 Å². The number of urea groups is 1. The van der Waals surface area contributed by atoms with E-state index >= 15 is 0 Å². The molecule has 0 radical (unpaired) electrons. The first-order valence-corrected chi connectivity index (χ1v) is 9.19. The minimum atomic E-state index is -0.137. The third kappa shape index (κ3) is 2.94. The molecule has 0 saturated heterocycles. The lowest BCUT2D eigenvalue weighted by atomic mass is 9.86. The number of anilines is 1. The minimum absolute atomic E-state index is 0.0983. The molecule has 0 aliphatic carbocycles. The van der Waals surface area contributed by atoms with Crippen LogP contribution in [0.3, 0.4) is 0 Å². The molecule has 7 heteroatoms. The SMILES string of the molecule is Cn1cc(C2CN(C(=O)Nc3ccc4c(c3)OCO4)Cc3ccccc32)cn1. The maximum Gasteiger partial charge on any atom is 0.322 e. The number of aryl methyl sites for hydroxylation is 1. The molecule has 1 atom stereocenters. The van der Waals surface area contributed by atoms with Crippen molar-refractivity contribution in [2.24, 2.45) is 7.05 Å². The molecule has 2 aromatic carbocycles. The Morgan fingerprint density at radius 2 is 2.04 bits per heavy atom. The second-order valence-electron chi connectivity index (χ2n) is 7.08. The van der Waals surface area contributed by atoms with Crippen molar-refractivity contribution in [2.75, 3.05) is 18.7 Å². The van der Waals surface area contributed by atoms with Crippen LogP contribution in [0.1, 0.15) is 22.6 Å². The fraction of sp³-hybridized carbons (Fsp3) is 0.238. The summed E-state index contributed by atoms with van der Waals surface area (Å²) >= 11 is 0. The summed E-state index contributed by atoms with van der Waals surface area (Å²) in [5, 5.41) is 7.29. The molecule has 0 fully saturated rings. The Morgan fingerprint density at radius 1 is 1.18 bits per heavy atom. The average Bonchev–Trinajstić information content (AvgIpc) is 3.35. The van der Waals surface area contributed by atoms with Crippen molar-refractivity contribution in [2.45, 2.75) is 12.5 Å². The number of hydrogen-bond acceptors (Lipinski definition) is 4. The van der Waals surface area contributed by atoms with Gasteiger partial charge in [-0.3, -0.25) is 4.68 Å². The number of ether oxygens (including phenoxy) is 2. The Balaban J connectivity index is 1.40. The van der Waals surface area contributed by atoms with E-state index in [2.05, 4.69) is 22.5 Å². The van der Waals surface area contributed by atoms with Crippen molar-refractivity contribution in [3.05, 3.63) is 71.5 Å².